The van der Waals surface area contributed by atoms with Gasteiger partial charge in [0.2, 0.25) is 0 Å². The van der Waals surface area contributed by atoms with Gasteiger partial charge in [0.1, 0.15) is 0 Å². The molecule has 90 valence electrons. The molecule has 1 saturated heterocycles. The Morgan fingerprint density at radius 1 is 1.33 bits per heavy atom. The second kappa shape index (κ2) is 8.08. The Bertz CT molecular complexity index is 147. The molecule has 0 unspecified atom stereocenters. The van der Waals surface area contributed by atoms with Gasteiger partial charge in [-0.25, -0.2) is 0 Å². The van der Waals surface area contributed by atoms with Crippen LogP contribution < -0.4 is 5.32 Å². The molecule has 1 aliphatic rings. The SMILES string of the molecule is CCNCCCN(C)CC1CCOCC1. The second-order valence-corrected chi connectivity index (χ2v) is 4.53. The summed E-state index contributed by atoms with van der Waals surface area (Å²) in [5.41, 5.74) is 0. The maximum absolute atomic E-state index is 5.37. The highest BCUT2D eigenvalue weighted by molar-refractivity contribution is 4.67. The second-order valence-electron chi connectivity index (χ2n) is 4.53. The van der Waals surface area contributed by atoms with Crippen LogP contribution in [-0.2, 0) is 4.74 Å². The molecule has 0 aromatic heterocycles. The van der Waals surface area contributed by atoms with Crippen molar-refractivity contribution < 1.29 is 4.74 Å². The van der Waals surface area contributed by atoms with Crippen molar-refractivity contribution in [3.8, 4) is 0 Å². The van der Waals surface area contributed by atoms with E-state index in [1.54, 1.807) is 0 Å². The lowest BCUT2D eigenvalue weighted by Crippen LogP contribution is -2.31. The Balaban J connectivity index is 1.98. The molecule has 15 heavy (non-hydrogen) atoms. The van der Waals surface area contributed by atoms with Gasteiger partial charge in [0, 0.05) is 19.8 Å². The van der Waals surface area contributed by atoms with Crippen molar-refractivity contribution in [1.29, 1.82) is 0 Å². The van der Waals surface area contributed by atoms with Crippen molar-refractivity contribution in [1.82, 2.24) is 10.2 Å². The standard InChI is InChI=1S/C12H26N2O/c1-3-13-7-4-8-14(2)11-12-5-9-15-10-6-12/h12-13H,3-11H2,1-2H3. The summed E-state index contributed by atoms with van der Waals surface area (Å²) in [5.74, 6) is 0.864. The maximum Gasteiger partial charge on any atom is 0.0469 e. The van der Waals surface area contributed by atoms with Crippen molar-refractivity contribution >= 4 is 0 Å². The van der Waals surface area contributed by atoms with E-state index >= 15 is 0 Å². The number of hydrogen-bond acceptors (Lipinski definition) is 3. The number of ether oxygens (including phenoxy) is 1. The van der Waals surface area contributed by atoms with Gasteiger partial charge in [-0.3, -0.25) is 0 Å². The third-order valence-electron chi connectivity index (χ3n) is 3.05. The summed E-state index contributed by atoms with van der Waals surface area (Å²) in [4.78, 5) is 2.47. The topological polar surface area (TPSA) is 24.5 Å². The van der Waals surface area contributed by atoms with Crippen LogP contribution in [0.5, 0.6) is 0 Å². The van der Waals surface area contributed by atoms with Crippen LogP contribution in [0.3, 0.4) is 0 Å². The molecule has 0 aromatic rings. The van der Waals surface area contributed by atoms with Gasteiger partial charge in [-0.2, -0.15) is 0 Å². The monoisotopic (exact) mass is 214 g/mol. The summed E-state index contributed by atoms with van der Waals surface area (Å²) in [6.45, 7) is 8.79. The molecule has 0 saturated carbocycles. The number of rotatable bonds is 7. The Labute approximate surface area is 94.2 Å². The van der Waals surface area contributed by atoms with E-state index < -0.39 is 0 Å². The van der Waals surface area contributed by atoms with Gasteiger partial charge in [0.25, 0.3) is 0 Å². The van der Waals surface area contributed by atoms with Crippen LogP contribution in [-0.4, -0.2) is 51.3 Å². The average molecular weight is 214 g/mol. The van der Waals surface area contributed by atoms with Gasteiger partial charge in [0.15, 0.2) is 0 Å². The molecule has 0 amide bonds. The zero-order valence-electron chi connectivity index (χ0n) is 10.3. The predicted octanol–water partition coefficient (Wildman–Crippen LogP) is 1.34. The first-order chi connectivity index (χ1) is 7.33. The molecular weight excluding hydrogens is 188 g/mol. The Morgan fingerprint density at radius 3 is 2.73 bits per heavy atom. The highest BCUT2D eigenvalue weighted by atomic mass is 16.5. The molecule has 1 N–H and O–H groups in total. The first-order valence-electron chi connectivity index (χ1n) is 6.30. The van der Waals surface area contributed by atoms with Crippen LogP contribution in [0.15, 0.2) is 0 Å². The van der Waals surface area contributed by atoms with Crippen molar-refractivity contribution in [2.75, 3.05) is 46.4 Å². The van der Waals surface area contributed by atoms with Crippen LogP contribution in [0.2, 0.25) is 0 Å². The first-order valence-corrected chi connectivity index (χ1v) is 6.30. The average Bonchev–Trinajstić information content (AvgIpc) is 2.26. The molecule has 3 heteroatoms. The van der Waals surface area contributed by atoms with Crippen molar-refractivity contribution in [3.05, 3.63) is 0 Å². The summed E-state index contributed by atoms with van der Waals surface area (Å²) < 4.78 is 5.37. The molecule has 0 radical (unpaired) electrons. The molecule has 1 fully saturated rings. The third kappa shape index (κ3) is 6.13. The fourth-order valence-electron chi connectivity index (χ4n) is 2.11. The van der Waals surface area contributed by atoms with Crippen LogP contribution in [0, 0.1) is 5.92 Å². The Hall–Kier alpha value is -0.120. The Kier molecular flexibility index (Phi) is 6.98. The van der Waals surface area contributed by atoms with Crippen LogP contribution in [0.25, 0.3) is 0 Å². The number of nitrogens with zero attached hydrogens (tertiary/aromatic N) is 1. The molecule has 0 bridgehead atoms. The lowest BCUT2D eigenvalue weighted by Gasteiger charge is -2.27. The van der Waals surface area contributed by atoms with Crippen molar-refractivity contribution in [2.45, 2.75) is 26.2 Å². The van der Waals surface area contributed by atoms with E-state index in [4.69, 9.17) is 4.74 Å². The molecule has 3 nitrogen and oxygen atoms in total. The minimum atomic E-state index is 0.864. The van der Waals surface area contributed by atoms with E-state index in [1.807, 2.05) is 0 Å². The molecule has 0 spiro atoms. The lowest BCUT2D eigenvalue weighted by molar-refractivity contribution is 0.0556. The normalized spacial score (nSPS) is 18.6. The van der Waals surface area contributed by atoms with E-state index in [2.05, 4.69) is 24.2 Å². The van der Waals surface area contributed by atoms with E-state index in [1.165, 1.54) is 32.4 Å². The van der Waals surface area contributed by atoms with Crippen LogP contribution in [0.4, 0.5) is 0 Å². The van der Waals surface area contributed by atoms with Crippen molar-refractivity contribution in [2.24, 2.45) is 5.92 Å². The van der Waals surface area contributed by atoms with E-state index in [-0.39, 0.29) is 0 Å². The molecular formula is C12H26N2O. The van der Waals surface area contributed by atoms with Crippen LogP contribution >= 0.6 is 0 Å². The van der Waals surface area contributed by atoms with Gasteiger partial charge in [-0.05, 0) is 51.9 Å². The Morgan fingerprint density at radius 2 is 2.07 bits per heavy atom. The first kappa shape index (κ1) is 12.9. The summed E-state index contributed by atoms with van der Waals surface area (Å²) in [6, 6.07) is 0. The molecule has 0 aliphatic carbocycles. The molecule has 1 rings (SSSR count). The predicted molar refractivity (Wildman–Crippen MR) is 64.2 cm³/mol. The third-order valence-corrected chi connectivity index (χ3v) is 3.05. The van der Waals surface area contributed by atoms with Gasteiger partial charge in [-0.15, -0.1) is 0 Å². The molecule has 1 aliphatic heterocycles. The van der Waals surface area contributed by atoms with E-state index in [0.717, 1.165) is 32.2 Å². The molecule has 1 heterocycles. The van der Waals surface area contributed by atoms with Gasteiger partial charge in [-0.1, -0.05) is 6.92 Å². The van der Waals surface area contributed by atoms with E-state index in [9.17, 15) is 0 Å². The van der Waals surface area contributed by atoms with Gasteiger partial charge < -0.3 is 15.0 Å². The van der Waals surface area contributed by atoms with Gasteiger partial charge in [0.05, 0.1) is 0 Å². The lowest BCUT2D eigenvalue weighted by atomic mass is 10.00. The van der Waals surface area contributed by atoms with Crippen LogP contribution in [0.1, 0.15) is 26.2 Å². The number of hydrogen-bond donors (Lipinski definition) is 1. The zero-order valence-corrected chi connectivity index (χ0v) is 10.3. The summed E-state index contributed by atoms with van der Waals surface area (Å²) in [6.07, 6.45) is 3.75. The largest absolute Gasteiger partial charge is 0.381 e. The minimum absolute atomic E-state index is 0.864. The highest BCUT2D eigenvalue weighted by Gasteiger charge is 2.15. The molecule has 0 aromatic carbocycles. The molecule has 0 atom stereocenters. The van der Waals surface area contributed by atoms with Gasteiger partial charge >= 0.3 is 0 Å². The maximum atomic E-state index is 5.37. The zero-order chi connectivity index (χ0) is 10.9. The smallest absolute Gasteiger partial charge is 0.0469 e. The summed E-state index contributed by atoms with van der Waals surface area (Å²) in [5, 5.41) is 3.36. The fourth-order valence-corrected chi connectivity index (χ4v) is 2.11. The summed E-state index contributed by atoms with van der Waals surface area (Å²) >= 11 is 0. The fraction of sp³-hybridized carbons (Fsp3) is 1.00. The minimum Gasteiger partial charge on any atom is -0.381 e. The highest BCUT2D eigenvalue weighted by Crippen LogP contribution is 2.15. The number of nitrogens with one attached hydrogen (secondary N) is 1. The quantitative estimate of drug-likeness (QED) is 0.647. The summed E-state index contributed by atoms with van der Waals surface area (Å²) in [7, 11) is 2.24. The van der Waals surface area contributed by atoms with Crippen molar-refractivity contribution in [3.63, 3.8) is 0 Å². The van der Waals surface area contributed by atoms with E-state index in [0.29, 0.717) is 0 Å².